The lowest BCUT2D eigenvalue weighted by Gasteiger charge is -2.28. The largest absolute Gasteiger partial charge is 0.490 e. The van der Waals surface area contributed by atoms with Gasteiger partial charge >= 0.3 is 0 Å². The Kier molecular flexibility index (Phi) is 6.40. The van der Waals surface area contributed by atoms with Crippen LogP contribution in [0, 0.1) is 35.1 Å². The molecule has 2 aromatic carbocycles. The van der Waals surface area contributed by atoms with Gasteiger partial charge in [-0.2, -0.15) is 4.39 Å². The van der Waals surface area contributed by atoms with Crippen LogP contribution in [0.1, 0.15) is 45.4 Å². The molecule has 1 saturated carbocycles. The average molecular weight is 380 g/mol. The normalized spacial score (nSPS) is 19.9. The van der Waals surface area contributed by atoms with Crippen molar-refractivity contribution in [3.8, 4) is 16.9 Å². The molecule has 3 rings (SSSR count). The van der Waals surface area contributed by atoms with Gasteiger partial charge in [0.05, 0.1) is 6.61 Å². The highest BCUT2D eigenvalue weighted by Gasteiger charge is 2.23. The van der Waals surface area contributed by atoms with Crippen molar-refractivity contribution in [2.45, 2.75) is 45.4 Å². The third-order valence-electron chi connectivity index (χ3n) is 5.43. The first-order valence-corrected chi connectivity index (χ1v) is 9.56. The zero-order chi connectivity index (χ0) is 19.4. The van der Waals surface area contributed by atoms with Gasteiger partial charge in [-0.1, -0.05) is 44.7 Å². The molecule has 27 heavy (non-hydrogen) atoms. The highest BCUT2D eigenvalue weighted by molar-refractivity contribution is 5.66. The van der Waals surface area contributed by atoms with E-state index >= 15 is 0 Å². The van der Waals surface area contributed by atoms with Crippen LogP contribution in [-0.4, -0.2) is 6.61 Å². The first-order chi connectivity index (χ1) is 13.0. The molecular formula is C22H24F4O. The second kappa shape index (κ2) is 8.77. The molecule has 0 amide bonds. The molecule has 1 nitrogen and oxygen atoms in total. The summed E-state index contributed by atoms with van der Waals surface area (Å²) in [6.07, 6.45) is 6.79. The summed E-state index contributed by atoms with van der Waals surface area (Å²) >= 11 is 0. The topological polar surface area (TPSA) is 9.23 Å². The summed E-state index contributed by atoms with van der Waals surface area (Å²) in [5.74, 6) is -3.80. The first-order valence-electron chi connectivity index (χ1n) is 9.56. The second-order valence-electron chi connectivity index (χ2n) is 7.33. The molecule has 0 bridgehead atoms. The number of hydrogen-bond acceptors (Lipinski definition) is 1. The van der Waals surface area contributed by atoms with Crippen LogP contribution in [0.4, 0.5) is 17.6 Å². The van der Waals surface area contributed by atoms with Crippen molar-refractivity contribution in [2.24, 2.45) is 11.8 Å². The molecule has 5 heteroatoms. The van der Waals surface area contributed by atoms with Gasteiger partial charge in [0.2, 0.25) is 5.82 Å². The van der Waals surface area contributed by atoms with E-state index in [1.807, 2.05) is 0 Å². The number of benzene rings is 2. The van der Waals surface area contributed by atoms with Crippen LogP contribution in [0.3, 0.4) is 0 Å². The molecule has 1 aliphatic carbocycles. The summed E-state index contributed by atoms with van der Waals surface area (Å²) in [5.41, 5.74) is -0.635. The molecule has 0 spiro atoms. The maximum Gasteiger partial charge on any atom is 0.201 e. The van der Waals surface area contributed by atoms with E-state index in [9.17, 15) is 17.6 Å². The van der Waals surface area contributed by atoms with Crippen LogP contribution in [0.15, 0.2) is 30.3 Å². The summed E-state index contributed by atoms with van der Waals surface area (Å²) in [6.45, 7) is 2.52. The quantitative estimate of drug-likeness (QED) is 0.496. The van der Waals surface area contributed by atoms with Crippen LogP contribution in [0.5, 0.6) is 5.75 Å². The van der Waals surface area contributed by atoms with Crippen molar-refractivity contribution in [3.63, 3.8) is 0 Å². The monoisotopic (exact) mass is 380 g/mol. The zero-order valence-corrected chi connectivity index (χ0v) is 15.4. The maximum atomic E-state index is 14.4. The Morgan fingerprint density at radius 3 is 2.19 bits per heavy atom. The number of hydrogen-bond donors (Lipinski definition) is 0. The fraction of sp³-hybridized carbons (Fsp3) is 0.455. The van der Waals surface area contributed by atoms with Gasteiger partial charge < -0.3 is 4.74 Å². The van der Waals surface area contributed by atoms with Gasteiger partial charge in [0.25, 0.3) is 0 Å². The minimum atomic E-state index is -1.23. The van der Waals surface area contributed by atoms with Crippen LogP contribution in [-0.2, 0) is 0 Å². The fourth-order valence-corrected chi connectivity index (χ4v) is 3.87. The Balaban J connectivity index is 1.68. The number of ether oxygens (including phenoxy) is 1. The maximum absolute atomic E-state index is 14.4. The third-order valence-corrected chi connectivity index (χ3v) is 5.43. The van der Waals surface area contributed by atoms with Crippen molar-refractivity contribution < 1.29 is 22.3 Å². The fourth-order valence-electron chi connectivity index (χ4n) is 3.87. The Hall–Kier alpha value is -2.04. The minimum Gasteiger partial charge on any atom is -0.490 e. The Labute approximate surface area is 157 Å². The van der Waals surface area contributed by atoms with Crippen molar-refractivity contribution in [3.05, 3.63) is 53.6 Å². The third kappa shape index (κ3) is 4.45. The zero-order valence-electron chi connectivity index (χ0n) is 15.4. The standard InChI is InChI=1S/C22H24F4O/c1-2-4-14-7-9-15(10-8-14)13-27-19-12-11-17(21(25)22(19)26)16-5-3-6-18(23)20(16)24/h3,5-6,11-12,14-15H,2,4,7-10,13H2,1H3. The molecule has 1 aliphatic rings. The van der Waals surface area contributed by atoms with Gasteiger partial charge in [0.15, 0.2) is 23.2 Å². The molecule has 0 unspecified atom stereocenters. The molecule has 0 atom stereocenters. The van der Waals surface area contributed by atoms with Crippen LogP contribution >= 0.6 is 0 Å². The number of halogens is 4. The molecule has 0 N–H and O–H groups in total. The summed E-state index contributed by atoms with van der Waals surface area (Å²) in [5, 5.41) is 0. The van der Waals surface area contributed by atoms with Crippen molar-refractivity contribution in [1.29, 1.82) is 0 Å². The highest BCUT2D eigenvalue weighted by atomic mass is 19.2. The lowest BCUT2D eigenvalue weighted by molar-refractivity contribution is 0.173. The van der Waals surface area contributed by atoms with E-state index in [0.717, 1.165) is 37.7 Å². The molecule has 0 radical (unpaired) electrons. The van der Waals surface area contributed by atoms with Gasteiger partial charge in [-0.3, -0.25) is 0 Å². The van der Waals surface area contributed by atoms with E-state index in [2.05, 4.69) is 6.92 Å². The Bertz CT molecular complexity index is 782. The van der Waals surface area contributed by atoms with Gasteiger partial charge in [-0.25, -0.2) is 13.2 Å². The van der Waals surface area contributed by atoms with Crippen molar-refractivity contribution in [1.82, 2.24) is 0 Å². The summed E-state index contributed by atoms with van der Waals surface area (Å²) in [7, 11) is 0. The van der Waals surface area contributed by atoms with E-state index in [4.69, 9.17) is 4.74 Å². The van der Waals surface area contributed by atoms with Crippen LogP contribution in [0.25, 0.3) is 11.1 Å². The molecule has 0 aliphatic heterocycles. The minimum absolute atomic E-state index is 0.191. The lowest BCUT2D eigenvalue weighted by Crippen LogP contribution is -2.20. The van der Waals surface area contributed by atoms with E-state index in [0.29, 0.717) is 12.5 Å². The lowest BCUT2D eigenvalue weighted by atomic mass is 9.80. The molecule has 0 aromatic heterocycles. The number of rotatable bonds is 6. The van der Waals surface area contributed by atoms with Crippen molar-refractivity contribution in [2.75, 3.05) is 6.61 Å². The Morgan fingerprint density at radius 2 is 1.48 bits per heavy atom. The van der Waals surface area contributed by atoms with E-state index in [-0.39, 0.29) is 16.9 Å². The smallest absolute Gasteiger partial charge is 0.201 e. The highest BCUT2D eigenvalue weighted by Crippen LogP contribution is 2.34. The predicted octanol–water partition coefficient (Wildman–Crippen LogP) is 6.90. The first kappa shape index (κ1) is 19.7. The molecule has 2 aromatic rings. The Morgan fingerprint density at radius 1 is 0.815 bits per heavy atom. The van der Waals surface area contributed by atoms with Gasteiger partial charge in [-0.15, -0.1) is 0 Å². The van der Waals surface area contributed by atoms with Crippen LogP contribution in [0.2, 0.25) is 0 Å². The second-order valence-corrected chi connectivity index (χ2v) is 7.33. The summed E-state index contributed by atoms with van der Waals surface area (Å²) in [4.78, 5) is 0. The molecular weight excluding hydrogens is 356 g/mol. The van der Waals surface area contributed by atoms with E-state index in [1.165, 1.54) is 37.1 Å². The SMILES string of the molecule is CCCC1CCC(COc2ccc(-c3cccc(F)c3F)c(F)c2F)CC1. The predicted molar refractivity (Wildman–Crippen MR) is 97.6 cm³/mol. The summed E-state index contributed by atoms with van der Waals surface area (Å²) < 4.78 is 61.6. The van der Waals surface area contributed by atoms with Crippen LogP contribution < -0.4 is 4.74 Å². The molecule has 1 fully saturated rings. The molecule has 146 valence electrons. The summed E-state index contributed by atoms with van der Waals surface area (Å²) in [6, 6.07) is 5.90. The van der Waals surface area contributed by atoms with Gasteiger partial charge in [0, 0.05) is 11.1 Å². The molecule has 0 heterocycles. The van der Waals surface area contributed by atoms with Crippen molar-refractivity contribution >= 4 is 0 Å². The average Bonchev–Trinajstić information content (AvgIpc) is 2.67. The molecule has 0 saturated heterocycles. The van der Waals surface area contributed by atoms with Gasteiger partial charge in [-0.05, 0) is 42.9 Å². The van der Waals surface area contributed by atoms with E-state index < -0.39 is 23.3 Å². The van der Waals surface area contributed by atoms with E-state index in [1.54, 1.807) is 0 Å². The van der Waals surface area contributed by atoms with Gasteiger partial charge in [0.1, 0.15) is 0 Å².